The van der Waals surface area contributed by atoms with E-state index in [1.54, 1.807) is 0 Å². The first-order valence-electron chi connectivity index (χ1n) is 5.18. The zero-order valence-corrected chi connectivity index (χ0v) is 11.3. The Labute approximate surface area is 109 Å². The van der Waals surface area contributed by atoms with Gasteiger partial charge in [-0.25, -0.2) is 0 Å². The molecule has 1 atom stereocenters. The van der Waals surface area contributed by atoms with Gasteiger partial charge in [0.25, 0.3) is 0 Å². The molecule has 0 heterocycles. The highest BCUT2D eigenvalue weighted by Crippen LogP contribution is 2.09. The third-order valence-corrected chi connectivity index (χ3v) is 2.59. The summed E-state index contributed by atoms with van der Waals surface area (Å²) in [6.07, 6.45) is 0. The van der Waals surface area contributed by atoms with Crippen molar-refractivity contribution in [1.82, 2.24) is 4.90 Å². The Morgan fingerprint density at radius 1 is 1.31 bits per heavy atom. The number of alkyl halides is 1. The molecule has 0 N–H and O–H groups in total. The summed E-state index contributed by atoms with van der Waals surface area (Å²) in [4.78, 5) is 2.19. The maximum Gasteiger partial charge on any atom is 0.119 e. The van der Waals surface area contributed by atoms with E-state index in [9.17, 15) is 0 Å². The molecule has 0 aliphatic heterocycles. The van der Waals surface area contributed by atoms with Gasteiger partial charge in [-0.15, -0.1) is 24.0 Å². The molecule has 16 heavy (non-hydrogen) atoms. The minimum atomic E-state index is 0. The molecule has 4 heteroatoms. The van der Waals surface area contributed by atoms with Gasteiger partial charge < -0.3 is 4.74 Å². The highest BCUT2D eigenvalue weighted by atomic mass is 35.5. The summed E-state index contributed by atoms with van der Waals surface area (Å²) < 4.78 is 5.65. The average Bonchev–Trinajstić information content (AvgIpc) is 2.27. The monoisotopic (exact) mass is 263 g/mol. The summed E-state index contributed by atoms with van der Waals surface area (Å²) >= 11 is 5.68. The van der Waals surface area contributed by atoms with E-state index in [2.05, 4.69) is 18.9 Å². The van der Waals surface area contributed by atoms with Crippen LogP contribution in [0.1, 0.15) is 6.92 Å². The summed E-state index contributed by atoms with van der Waals surface area (Å²) in [6.45, 7) is 3.72. The van der Waals surface area contributed by atoms with Crippen molar-refractivity contribution in [3.8, 4) is 5.75 Å². The Hall–Kier alpha value is -0.440. The first kappa shape index (κ1) is 15.6. The van der Waals surface area contributed by atoms with Crippen LogP contribution in [0.25, 0.3) is 0 Å². The van der Waals surface area contributed by atoms with Gasteiger partial charge in [-0.2, -0.15) is 0 Å². The number of para-hydroxylation sites is 1. The molecule has 0 spiro atoms. The number of halogens is 2. The Kier molecular flexibility index (Phi) is 8.44. The standard InChI is InChI=1S/C12H18ClNO.ClH/c1-11(14(2)9-8-13)10-15-12-6-4-3-5-7-12;/h3-7,11H,8-10H2,1-2H3;1H. The van der Waals surface area contributed by atoms with Crippen molar-refractivity contribution in [2.75, 3.05) is 26.1 Å². The fraction of sp³-hybridized carbons (Fsp3) is 0.500. The maximum absolute atomic E-state index is 5.68. The molecule has 1 unspecified atom stereocenters. The Morgan fingerprint density at radius 2 is 1.94 bits per heavy atom. The third kappa shape index (κ3) is 5.59. The van der Waals surface area contributed by atoms with E-state index < -0.39 is 0 Å². The van der Waals surface area contributed by atoms with Crippen LogP contribution in [0.4, 0.5) is 0 Å². The Morgan fingerprint density at radius 3 is 2.50 bits per heavy atom. The SMILES string of the molecule is CC(COc1ccccc1)N(C)CCCl.Cl. The van der Waals surface area contributed by atoms with Crippen molar-refractivity contribution in [3.63, 3.8) is 0 Å². The average molecular weight is 264 g/mol. The molecule has 2 nitrogen and oxygen atoms in total. The topological polar surface area (TPSA) is 12.5 Å². The highest BCUT2D eigenvalue weighted by molar-refractivity contribution is 6.18. The van der Waals surface area contributed by atoms with E-state index in [1.165, 1.54) is 0 Å². The minimum Gasteiger partial charge on any atom is -0.492 e. The predicted octanol–water partition coefficient (Wildman–Crippen LogP) is 3.05. The maximum atomic E-state index is 5.68. The molecule has 0 bridgehead atoms. The fourth-order valence-corrected chi connectivity index (χ4v) is 1.48. The number of nitrogens with zero attached hydrogens (tertiary/aromatic N) is 1. The molecule has 1 aromatic carbocycles. The van der Waals surface area contributed by atoms with E-state index in [4.69, 9.17) is 16.3 Å². The fourth-order valence-electron chi connectivity index (χ4n) is 1.21. The summed E-state index contributed by atoms with van der Waals surface area (Å²) in [5.74, 6) is 1.58. The molecule has 0 aliphatic carbocycles. The van der Waals surface area contributed by atoms with E-state index in [0.717, 1.165) is 12.3 Å². The quantitative estimate of drug-likeness (QED) is 0.732. The molecule has 0 radical (unpaired) electrons. The van der Waals surface area contributed by atoms with E-state index in [-0.39, 0.29) is 12.4 Å². The molecule has 0 aliphatic rings. The minimum absolute atomic E-state index is 0. The van der Waals surface area contributed by atoms with Crippen molar-refractivity contribution in [1.29, 1.82) is 0 Å². The van der Waals surface area contributed by atoms with E-state index in [1.807, 2.05) is 30.3 Å². The Balaban J connectivity index is 0.00000225. The molecule has 0 fully saturated rings. The lowest BCUT2D eigenvalue weighted by Crippen LogP contribution is -2.35. The molecule has 92 valence electrons. The van der Waals surface area contributed by atoms with Crippen molar-refractivity contribution >= 4 is 24.0 Å². The van der Waals surface area contributed by atoms with Gasteiger partial charge in [0.1, 0.15) is 12.4 Å². The van der Waals surface area contributed by atoms with Gasteiger partial charge in [0.15, 0.2) is 0 Å². The summed E-state index contributed by atoms with van der Waals surface area (Å²) in [5.41, 5.74) is 0. The molecule has 0 saturated carbocycles. The number of benzene rings is 1. The lowest BCUT2D eigenvalue weighted by molar-refractivity contribution is 0.180. The normalized spacial score (nSPS) is 12.0. The van der Waals surface area contributed by atoms with Gasteiger partial charge in [-0.1, -0.05) is 18.2 Å². The molecular weight excluding hydrogens is 245 g/mol. The van der Waals surface area contributed by atoms with E-state index in [0.29, 0.717) is 18.5 Å². The van der Waals surface area contributed by atoms with Crippen molar-refractivity contribution in [2.24, 2.45) is 0 Å². The summed E-state index contributed by atoms with van der Waals surface area (Å²) in [5, 5.41) is 0. The summed E-state index contributed by atoms with van der Waals surface area (Å²) in [6, 6.07) is 10.2. The first-order chi connectivity index (χ1) is 7.24. The number of likely N-dealkylation sites (N-methyl/N-ethyl adjacent to an activating group) is 1. The predicted molar refractivity (Wildman–Crippen MR) is 72.0 cm³/mol. The second kappa shape index (κ2) is 8.68. The van der Waals surface area contributed by atoms with Crippen molar-refractivity contribution in [2.45, 2.75) is 13.0 Å². The molecular formula is C12H19Cl2NO. The largest absolute Gasteiger partial charge is 0.492 e. The number of rotatable bonds is 6. The smallest absolute Gasteiger partial charge is 0.119 e. The second-order valence-corrected chi connectivity index (χ2v) is 4.02. The molecule has 0 amide bonds. The second-order valence-electron chi connectivity index (χ2n) is 3.64. The molecule has 0 saturated heterocycles. The molecule has 0 aromatic heterocycles. The number of hydrogen-bond acceptors (Lipinski definition) is 2. The zero-order valence-electron chi connectivity index (χ0n) is 9.73. The molecule has 1 aromatic rings. The van der Waals surface area contributed by atoms with Gasteiger partial charge in [0.05, 0.1) is 0 Å². The van der Waals surface area contributed by atoms with Crippen LogP contribution < -0.4 is 4.74 Å². The Bertz CT molecular complexity index is 269. The van der Waals surface area contributed by atoms with Crippen LogP contribution in [-0.2, 0) is 0 Å². The number of hydrogen-bond donors (Lipinski definition) is 0. The van der Waals surface area contributed by atoms with Gasteiger partial charge in [-0.05, 0) is 26.1 Å². The lowest BCUT2D eigenvalue weighted by Gasteiger charge is -2.23. The van der Waals surface area contributed by atoms with Crippen LogP contribution in [0.3, 0.4) is 0 Å². The van der Waals surface area contributed by atoms with Gasteiger partial charge in [0.2, 0.25) is 0 Å². The van der Waals surface area contributed by atoms with Gasteiger partial charge in [-0.3, -0.25) is 4.90 Å². The van der Waals surface area contributed by atoms with Crippen LogP contribution in [0.2, 0.25) is 0 Å². The van der Waals surface area contributed by atoms with E-state index >= 15 is 0 Å². The summed E-state index contributed by atoms with van der Waals surface area (Å²) in [7, 11) is 2.06. The highest BCUT2D eigenvalue weighted by Gasteiger charge is 2.08. The van der Waals surface area contributed by atoms with Crippen LogP contribution in [-0.4, -0.2) is 37.0 Å². The number of ether oxygens (including phenoxy) is 1. The third-order valence-electron chi connectivity index (χ3n) is 2.42. The van der Waals surface area contributed by atoms with Crippen LogP contribution in [0.15, 0.2) is 30.3 Å². The molecule has 1 rings (SSSR count). The van der Waals surface area contributed by atoms with Crippen molar-refractivity contribution < 1.29 is 4.74 Å². The van der Waals surface area contributed by atoms with Crippen molar-refractivity contribution in [3.05, 3.63) is 30.3 Å². The van der Waals surface area contributed by atoms with Gasteiger partial charge >= 0.3 is 0 Å². The van der Waals surface area contributed by atoms with Crippen LogP contribution in [0.5, 0.6) is 5.75 Å². The van der Waals surface area contributed by atoms with Crippen LogP contribution >= 0.6 is 24.0 Å². The first-order valence-corrected chi connectivity index (χ1v) is 5.71. The van der Waals surface area contributed by atoms with Gasteiger partial charge in [0, 0.05) is 18.5 Å². The van der Waals surface area contributed by atoms with Crippen LogP contribution in [0, 0.1) is 0 Å². The zero-order chi connectivity index (χ0) is 11.1. The lowest BCUT2D eigenvalue weighted by atomic mass is 10.3.